The lowest BCUT2D eigenvalue weighted by Crippen LogP contribution is -1.93. The Kier molecular flexibility index (Phi) is 5.29. The van der Waals surface area contributed by atoms with Crippen LogP contribution in [0.3, 0.4) is 0 Å². The Hall–Kier alpha value is -0.260. The van der Waals surface area contributed by atoms with Crippen molar-refractivity contribution < 1.29 is 4.74 Å². The minimum absolute atomic E-state index is 0.679. The van der Waals surface area contributed by atoms with Crippen molar-refractivity contribution >= 4 is 33.4 Å². The summed E-state index contributed by atoms with van der Waals surface area (Å²) in [5.74, 6) is 1.00. The van der Waals surface area contributed by atoms with E-state index in [2.05, 4.69) is 20.9 Å². The Bertz CT molecular complexity index is 296. The lowest BCUT2D eigenvalue weighted by molar-refractivity contribution is 0.200. The zero-order valence-corrected chi connectivity index (χ0v) is 10.4. The van der Waals surface area contributed by atoms with Gasteiger partial charge in [-0.05, 0) is 28.4 Å². The quantitative estimate of drug-likeness (QED) is 0.663. The maximum absolute atomic E-state index is 5.58. The van der Waals surface area contributed by atoms with E-state index in [4.69, 9.17) is 10.5 Å². The molecule has 1 rings (SSSR count). The summed E-state index contributed by atoms with van der Waals surface area (Å²) in [7, 11) is 1.71. The van der Waals surface area contributed by atoms with E-state index in [0.717, 1.165) is 28.3 Å². The topological polar surface area (TPSA) is 48.1 Å². The molecule has 1 aromatic heterocycles. The number of rotatable bonds is 5. The summed E-state index contributed by atoms with van der Waals surface area (Å²) in [6, 6.07) is 1.87. The number of methoxy groups -OCH3 is 1. The average molecular weight is 277 g/mol. The smallest absolute Gasteiger partial charge is 0.110 e. The molecule has 0 bridgehead atoms. The molecular weight excluding hydrogens is 264 g/mol. The van der Waals surface area contributed by atoms with Gasteiger partial charge in [0.15, 0.2) is 0 Å². The van der Waals surface area contributed by atoms with Crippen LogP contribution in [0.25, 0.3) is 0 Å². The number of hydrogen-bond acceptors (Lipinski definition) is 4. The highest BCUT2D eigenvalue weighted by molar-refractivity contribution is 9.10. The lowest BCUT2D eigenvalue weighted by atomic mass is 10.4. The fourth-order valence-corrected chi connectivity index (χ4v) is 2.41. The first-order chi connectivity index (χ1) is 6.74. The van der Waals surface area contributed by atoms with Gasteiger partial charge in [-0.25, -0.2) is 4.98 Å². The highest BCUT2D eigenvalue weighted by atomic mass is 79.9. The molecule has 0 fully saturated rings. The molecule has 14 heavy (non-hydrogen) atoms. The van der Waals surface area contributed by atoms with Gasteiger partial charge in [-0.3, -0.25) is 0 Å². The van der Waals surface area contributed by atoms with Gasteiger partial charge in [0.25, 0.3) is 0 Å². The minimum atomic E-state index is 0.679. The molecule has 0 aliphatic rings. The maximum atomic E-state index is 5.58. The highest BCUT2D eigenvalue weighted by Gasteiger charge is 2.02. The zero-order valence-electron chi connectivity index (χ0n) is 8.00. The van der Waals surface area contributed by atoms with Crippen molar-refractivity contribution in [1.82, 2.24) is 4.98 Å². The van der Waals surface area contributed by atoms with E-state index in [0.29, 0.717) is 5.69 Å². The van der Waals surface area contributed by atoms with Gasteiger partial charge < -0.3 is 10.5 Å². The number of pyridine rings is 1. The van der Waals surface area contributed by atoms with Crippen LogP contribution in [0, 0.1) is 0 Å². The van der Waals surface area contributed by atoms with Crippen molar-refractivity contribution in [3.05, 3.63) is 16.7 Å². The number of aromatic nitrogens is 1. The Labute approximate surface area is 96.6 Å². The van der Waals surface area contributed by atoms with Crippen molar-refractivity contribution in [2.24, 2.45) is 0 Å². The second-order valence-corrected chi connectivity index (χ2v) is 4.69. The van der Waals surface area contributed by atoms with Gasteiger partial charge in [-0.1, -0.05) is 0 Å². The zero-order chi connectivity index (χ0) is 10.4. The Balaban J connectivity index is 2.42. The predicted octanol–water partition coefficient (Wildman–Crippen LogP) is 2.55. The standard InChI is InChI=1S/C9H13BrN2OS/c1-13-3-2-4-14-9-8(10)5-7(11)6-12-9/h5-6H,2-4,11H2,1H3. The molecule has 2 N–H and O–H groups in total. The second-order valence-electron chi connectivity index (χ2n) is 2.75. The summed E-state index contributed by atoms with van der Waals surface area (Å²) >= 11 is 5.12. The van der Waals surface area contributed by atoms with Gasteiger partial charge in [0, 0.05) is 19.5 Å². The van der Waals surface area contributed by atoms with Crippen LogP contribution in [0.2, 0.25) is 0 Å². The summed E-state index contributed by atoms with van der Waals surface area (Å²) in [4.78, 5) is 4.23. The first-order valence-corrected chi connectivity index (χ1v) is 6.04. The van der Waals surface area contributed by atoms with Gasteiger partial charge in [0.1, 0.15) is 5.03 Å². The summed E-state index contributed by atoms with van der Waals surface area (Å²) in [5.41, 5.74) is 6.26. The Morgan fingerprint density at radius 3 is 3.07 bits per heavy atom. The van der Waals surface area contributed by atoms with E-state index in [1.54, 1.807) is 25.1 Å². The van der Waals surface area contributed by atoms with E-state index in [-0.39, 0.29) is 0 Å². The SMILES string of the molecule is COCCCSc1ncc(N)cc1Br. The molecule has 3 nitrogen and oxygen atoms in total. The van der Waals surface area contributed by atoms with Crippen LogP contribution in [0.5, 0.6) is 0 Å². The van der Waals surface area contributed by atoms with Crippen LogP contribution in [0.15, 0.2) is 21.8 Å². The molecule has 0 saturated carbocycles. The third-order valence-electron chi connectivity index (χ3n) is 1.56. The molecule has 0 aliphatic carbocycles. The summed E-state index contributed by atoms with van der Waals surface area (Å²) < 4.78 is 5.92. The molecule has 0 atom stereocenters. The van der Waals surface area contributed by atoms with Crippen LogP contribution < -0.4 is 5.73 Å². The fraction of sp³-hybridized carbons (Fsp3) is 0.444. The van der Waals surface area contributed by atoms with Gasteiger partial charge in [-0.2, -0.15) is 0 Å². The monoisotopic (exact) mass is 276 g/mol. The van der Waals surface area contributed by atoms with Crippen molar-refractivity contribution in [1.29, 1.82) is 0 Å². The Morgan fingerprint density at radius 2 is 2.43 bits per heavy atom. The van der Waals surface area contributed by atoms with Gasteiger partial charge in [0.2, 0.25) is 0 Å². The van der Waals surface area contributed by atoms with Gasteiger partial charge in [0.05, 0.1) is 16.4 Å². The number of halogens is 1. The molecular formula is C9H13BrN2OS. The van der Waals surface area contributed by atoms with Crippen LogP contribution in [-0.2, 0) is 4.74 Å². The number of nitrogens with zero attached hydrogens (tertiary/aromatic N) is 1. The van der Waals surface area contributed by atoms with Crippen LogP contribution in [-0.4, -0.2) is 24.5 Å². The molecule has 0 aliphatic heterocycles. The minimum Gasteiger partial charge on any atom is -0.397 e. The van der Waals surface area contributed by atoms with Gasteiger partial charge in [-0.15, -0.1) is 11.8 Å². The number of ether oxygens (including phenoxy) is 1. The van der Waals surface area contributed by atoms with Crippen molar-refractivity contribution in [2.75, 3.05) is 25.2 Å². The van der Waals surface area contributed by atoms with Gasteiger partial charge >= 0.3 is 0 Å². The molecule has 0 unspecified atom stereocenters. The molecule has 0 aromatic carbocycles. The van der Waals surface area contributed by atoms with E-state index < -0.39 is 0 Å². The van der Waals surface area contributed by atoms with Crippen molar-refractivity contribution in [3.8, 4) is 0 Å². The summed E-state index contributed by atoms with van der Waals surface area (Å²) in [6.45, 7) is 0.791. The maximum Gasteiger partial charge on any atom is 0.110 e. The first kappa shape index (κ1) is 11.8. The molecule has 1 aromatic rings. The third-order valence-corrected chi connectivity index (χ3v) is 3.52. The molecule has 0 amide bonds. The third kappa shape index (κ3) is 3.86. The van der Waals surface area contributed by atoms with E-state index in [1.165, 1.54) is 0 Å². The van der Waals surface area contributed by atoms with Crippen LogP contribution in [0.4, 0.5) is 5.69 Å². The molecule has 0 saturated heterocycles. The molecule has 5 heteroatoms. The van der Waals surface area contributed by atoms with E-state index >= 15 is 0 Å². The Morgan fingerprint density at radius 1 is 1.64 bits per heavy atom. The lowest BCUT2D eigenvalue weighted by Gasteiger charge is -2.03. The number of anilines is 1. The van der Waals surface area contributed by atoms with Crippen molar-refractivity contribution in [3.63, 3.8) is 0 Å². The molecule has 0 spiro atoms. The number of nitrogen functional groups attached to an aromatic ring is 1. The predicted molar refractivity (Wildman–Crippen MR) is 63.6 cm³/mol. The number of nitrogens with two attached hydrogens (primary N) is 1. The van der Waals surface area contributed by atoms with Crippen molar-refractivity contribution in [2.45, 2.75) is 11.4 Å². The molecule has 78 valence electrons. The number of thioether (sulfide) groups is 1. The van der Waals surface area contributed by atoms with Crippen LogP contribution >= 0.6 is 27.7 Å². The average Bonchev–Trinajstić information content (AvgIpc) is 2.15. The fourth-order valence-electron chi connectivity index (χ4n) is 0.918. The second kappa shape index (κ2) is 6.27. The molecule has 0 radical (unpaired) electrons. The van der Waals surface area contributed by atoms with E-state index in [1.807, 2.05) is 6.07 Å². The summed E-state index contributed by atoms with van der Waals surface area (Å²) in [5, 5.41) is 0.982. The van der Waals surface area contributed by atoms with E-state index in [9.17, 15) is 0 Å². The first-order valence-electron chi connectivity index (χ1n) is 4.27. The van der Waals surface area contributed by atoms with Crippen LogP contribution in [0.1, 0.15) is 6.42 Å². The largest absolute Gasteiger partial charge is 0.397 e. The summed E-state index contributed by atoms with van der Waals surface area (Å²) in [6.07, 6.45) is 2.70. The normalized spacial score (nSPS) is 10.4. The highest BCUT2D eigenvalue weighted by Crippen LogP contribution is 2.26. The number of hydrogen-bond donors (Lipinski definition) is 1. The molecule has 1 heterocycles.